The number of sulfonamides is 1. The number of hydrogen-bond donors (Lipinski definition) is 1. The zero-order valence-corrected chi connectivity index (χ0v) is 9.60. The van der Waals surface area contributed by atoms with Crippen LogP contribution in [0.15, 0.2) is 12.1 Å². The molecule has 1 aromatic heterocycles. The summed E-state index contributed by atoms with van der Waals surface area (Å²) in [5, 5.41) is 0. The monoisotopic (exact) mass is 232 g/mol. The van der Waals surface area contributed by atoms with Crippen LogP contribution >= 0.6 is 0 Å². The topological polar surface area (TPSA) is 59.1 Å². The van der Waals surface area contributed by atoms with Crippen LogP contribution in [-0.4, -0.2) is 19.7 Å². The third kappa shape index (κ3) is 3.47. The summed E-state index contributed by atoms with van der Waals surface area (Å²) in [6, 6.07) is 2.97. The van der Waals surface area contributed by atoms with Gasteiger partial charge in [-0.2, -0.15) is 4.39 Å². The van der Waals surface area contributed by atoms with Crippen LogP contribution in [0.25, 0.3) is 0 Å². The Labute approximate surface area is 88.6 Å². The Bertz CT molecular complexity index is 457. The minimum Gasteiger partial charge on any atom is -0.267 e. The molecule has 0 fully saturated rings. The molecule has 84 valence electrons. The normalized spacial score (nSPS) is 11.8. The quantitative estimate of drug-likeness (QED) is 0.807. The molecule has 0 aliphatic rings. The van der Waals surface area contributed by atoms with Gasteiger partial charge in [0, 0.05) is 5.56 Å². The predicted octanol–water partition coefficient (Wildman–Crippen LogP) is 1.72. The number of nitrogens with zero attached hydrogens (tertiary/aromatic N) is 1. The largest absolute Gasteiger partial charge is 0.267 e. The maximum Gasteiger partial charge on any atom is 0.230 e. The lowest BCUT2D eigenvalue weighted by Crippen LogP contribution is -2.12. The summed E-state index contributed by atoms with van der Waals surface area (Å²) in [6.07, 6.45) is 0.989. The smallest absolute Gasteiger partial charge is 0.230 e. The maximum atomic E-state index is 13.3. The van der Waals surface area contributed by atoms with Gasteiger partial charge in [-0.25, -0.2) is 13.4 Å². The Hall–Kier alpha value is -1.17. The SMILES string of the molecule is CC(C)c1ccc(NS(C)(=O)=O)nc1F. The molecule has 0 saturated heterocycles. The van der Waals surface area contributed by atoms with Crippen LogP contribution in [0.3, 0.4) is 0 Å². The number of pyridine rings is 1. The summed E-state index contributed by atoms with van der Waals surface area (Å²) in [7, 11) is -3.41. The summed E-state index contributed by atoms with van der Waals surface area (Å²) in [6.45, 7) is 3.67. The summed E-state index contributed by atoms with van der Waals surface area (Å²) in [5.41, 5.74) is 0.467. The number of rotatable bonds is 3. The van der Waals surface area contributed by atoms with E-state index < -0.39 is 16.0 Å². The second-order valence-corrected chi connectivity index (χ2v) is 5.35. The minimum absolute atomic E-state index is 0.000556. The zero-order valence-electron chi connectivity index (χ0n) is 8.78. The van der Waals surface area contributed by atoms with E-state index in [-0.39, 0.29) is 11.7 Å². The Morgan fingerprint density at radius 1 is 1.40 bits per heavy atom. The molecule has 1 heterocycles. The van der Waals surface area contributed by atoms with Crippen molar-refractivity contribution in [1.82, 2.24) is 4.98 Å². The van der Waals surface area contributed by atoms with E-state index in [1.54, 1.807) is 0 Å². The van der Waals surface area contributed by atoms with E-state index in [0.29, 0.717) is 5.56 Å². The molecule has 1 aromatic rings. The zero-order chi connectivity index (χ0) is 11.6. The molecule has 0 aliphatic heterocycles. The molecule has 0 aliphatic carbocycles. The summed E-state index contributed by atoms with van der Waals surface area (Å²) in [5.74, 6) is -0.622. The van der Waals surface area contributed by atoms with Crippen LogP contribution in [0.1, 0.15) is 25.3 Å². The second kappa shape index (κ2) is 4.14. The van der Waals surface area contributed by atoms with Gasteiger partial charge in [0.15, 0.2) is 0 Å². The fourth-order valence-corrected chi connectivity index (χ4v) is 1.62. The first kappa shape index (κ1) is 11.9. The summed E-state index contributed by atoms with van der Waals surface area (Å²) < 4.78 is 37.2. The molecule has 0 unspecified atom stereocenters. The molecule has 0 aromatic carbocycles. The van der Waals surface area contributed by atoms with Gasteiger partial charge < -0.3 is 0 Å². The van der Waals surface area contributed by atoms with Gasteiger partial charge in [-0.3, -0.25) is 4.72 Å². The second-order valence-electron chi connectivity index (χ2n) is 3.61. The Morgan fingerprint density at radius 2 is 2.00 bits per heavy atom. The van der Waals surface area contributed by atoms with Gasteiger partial charge in [-0.1, -0.05) is 19.9 Å². The van der Waals surface area contributed by atoms with Crippen molar-refractivity contribution >= 4 is 15.8 Å². The average molecular weight is 232 g/mol. The van der Waals surface area contributed by atoms with E-state index in [4.69, 9.17) is 0 Å². The van der Waals surface area contributed by atoms with Crippen molar-refractivity contribution in [2.45, 2.75) is 19.8 Å². The number of aromatic nitrogens is 1. The Kier molecular flexibility index (Phi) is 3.28. The van der Waals surface area contributed by atoms with Crippen molar-refractivity contribution in [3.63, 3.8) is 0 Å². The first-order valence-corrected chi connectivity index (χ1v) is 6.33. The van der Waals surface area contributed by atoms with Crippen molar-refractivity contribution in [3.05, 3.63) is 23.6 Å². The molecule has 0 spiro atoms. The standard InChI is InChI=1S/C9H13FN2O2S/c1-6(2)7-4-5-8(11-9(7)10)12-15(3,13)14/h4-6H,1-3H3,(H,11,12). The van der Waals surface area contributed by atoms with Crippen LogP contribution in [-0.2, 0) is 10.0 Å². The first-order valence-electron chi connectivity index (χ1n) is 4.44. The molecule has 4 nitrogen and oxygen atoms in total. The van der Waals surface area contributed by atoms with E-state index in [1.807, 2.05) is 13.8 Å². The van der Waals surface area contributed by atoms with Crippen molar-refractivity contribution in [1.29, 1.82) is 0 Å². The van der Waals surface area contributed by atoms with Crippen LogP contribution < -0.4 is 4.72 Å². The van der Waals surface area contributed by atoms with E-state index >= 15 is 0 Å². The van der Waals surface area contributed by atoms with Crippen molar-refractivity contribution in [3.8, 4) is 0 Å². The van der Waals surface area contributed by atoms with E-state index in [0.717, 1.165) is 6.26 Å². The van der Waals surface area contributed by atoms with Crippen LogP contribution in [0.4, 0.5) is 10.2 Å². The van der Waals surface area contributed by atoms with Crippen molar-refractivity contribution in [2.24, 2.45) is 0 Å². The molecule has 0 atom stereocenters. The van der Waals surface area contributed by atoms with Gasteiger partial charge in [0.1, 0.15) is 5.82 Å². The number of nitrogens with one attached hydrogen (secondary N) is 1. The fraction of sp³-hybridized carbons (Fsp3) is 0.444. The van der Waals surface area contributed by atoms with Crippen LogP contribution in [0, 0.1) is 5.95 Å². The highest BCUT2D eigenvalue weighted by atomic mass is 32.2. The molecule has 6 heteroatoms. The average Bonchev–Trinajstić information content (AvgIpc) is 1.99. The highest BCUT2D eigenvalue weighted by Crippen LogP contribution is 2.18. The van der Waals surface area contributed by atoms with E-state index in [9.17, 15) is 12.8 Å². The van der Waals surface area contributed by atoms with Gasteiger partial charge in [0.2, 0.25) is 16.0 Å². The lowest BCUT2D eigenvalue weighted by Gasteiger charge is -2.08. The molecule has 0 bridgehead atoms. The lowest BCUT2D eigenvalue weighted by atomic mass is 10.1. The molecule has 0 saturated carbocycles. The molecule has 15 heavy (non-hydrogen) atoms. The third-order valence-corrected chi connectivity index (χ3v) is 2.37. The summed E-state index contributed by atoms with van der Waals surface area (Å²) in [4.78, 5) is 3.52. The van der Waals surface area contributed by atoms with E-state index in [1.165, 1.54) is 12.1 Å². The number of hydrogen-bond acceptors (Lipinski definition) is 3. The maximum absolute atomic E-state index is 13.3. The van der Waals surface area contributed by atoms with Gasteiger partial charge in [-0.05, 0) is 12.0 Å². The van der Waals surface area contributed by atoms with Gasteiger partial charge in [0.05, 0.1) is 6.26 Å². The molecular weight excluding hydrogens is 219 g/mol. The molecule has 1 rings (SSSR count). The highest BCUT2D eigenvalue weighted by Gasteiger charge is 2.10. The predicted molar refractivity (Wildman–Crippen MR) is 56.8 cm³/mol. The number of anilines is 1. The van der Waals surface area contributed by atoms with Crippen LogP contribution in [0.5, 0.6) is 0 Å². The molecule has 0 amide bonds. The number of halogens is 1. The van der Waals surface area contributed by atoms with Crippen molar-refractivity contribution in [2.75, 3.05) is 11.0 Å². The van der Waals surface area contributed by atoms with Crippen molar-refractivity contribution < 1.29 is 12.8 Å². The van der Waals surface area contributed by atoms with E-state index in [2.05, 4.69) is 9.71 Å². The summed E-state index contributed by atoms with van der Waals surface area (Å²) >= 11 is 0. The first-order chi connectivity index (χ1) is 6.79. The minimum atomic E-state index is -3.41. The van der Waals surface area contributed by atoms with Gasteiger partial charge in [0.25, 0.3) is 0 Å². The van der Waals surface area contributed by atoms with Crippen LogP contribution in [0.2, 0.25) is 0 Å². The molecule has 1 N–H and O–H groups in total. The third-order valence-electron chi connectivity index (χ3n) is 1.79. The Morgan fingerprint density at radius 3 is 2.40 bits per heavy atom. The highest BCUT2D eigenvalue weighted by molar-refractivity contribution is 7.92. The van der Waals surface area contributed by atoms with Gasteiger partial charge >= 0.3 is 0 Å². The molecular formula is C9H13FN2O2S. The van der Waals surface area contributed by atoms with Gasteiger partial charge in [-0.15, -0.1) is 0 Å². The fourth-order valence-electron chi connectivity index (χ4n) is 1.12. The molecule has 0 radical (unpaired) electrons. The lowest BCUT2D eigenvalue weighted by molar-refractivity contribution is 0.558. The Balaban J connectivity index is 3.02.